The van der Waals surface area contributed by atoms with Crippen LogP contribution in [0.4, 0.5) is 10.1 Å². The van der Waals surface area contributed by atoms with Crippen molar-refractivity contribution < 1.29 is 13.9 Å². The summed E-state index contributed by atoms with van der Waals surface area (Å²) in [7, 11) is 3.80. The molecule has 1 aliphatic heterocycles. The Kier molecular flexibility index (Phi) is 9.54. The second kappa shape index (κ2) is 13.5. The molecule has 1 aliphatic rings. The topological polar surface area (TPSA) is 84.3 Å². The van der Waals surface area contributed by atoms with Crippen LogP contribution in [-0.2, 0) is 37.3 Å². The number of ether oxygens (including phenoxy) is 1. The number of hydrogen-bond donors (Lipinski definition) is 2. The van der Waals surface area contributed by atoms with Crippen LogP contribution >= 0.6 is 0 Å². The van der Waals surface area contributed by atoms with Crippen molar-refractivity contribution in [1.82, 2.24) is 25.0 Å². The molecule has 10 heteroatoms. The fourth-order valence-electron chi connectivity index (χ4n) is 5.67. The summed E-state index contributed by atoms with van der Waals surface area (Å²) in [6.07, 6.45) is 4.49. The molecular formula is C32H40BFN6O2. The van der Waals surface area contributed by atoms with Gasteiger partial charge in [0.2, 0.25) is 0 Å². The number of nitrogens with zero attached hydrogens (tertiary/aromatic N) is 4. The smallest absolute Gasteiger partial charge is 0.251 e. The van der Waals surface area contributed by atoms with E-state index in [9.17, 15) is 9.18 Å². The lowest BCUT2D eigenvalue weighted by Gasteiger charge is -2.26. The summed E-state index contributed by atoms with van der Waals surface area (Å²) in [5.41, 5.74) is 7.19. The first kappa shape index (κ1) is 29.7. The van der Waals surface area contributed by atoms with Gasteiger partial charge in [-0.3, -0.25) is 9.69 Å². The molecule has 220 valence electrons. The molecule has 0 unspecified atom stereocenters. The van der Waals surface area contributed by atoms with Crippen LogP contribution in [0.2, 0.25) is 0 Å². The average molecular weight is 571 g/mol. The first-order valence-electron chi connectivity index (χ1n) is 14.9. The minimum atomic E-state index is -0.190. The maximum atomic E-state index is 13.7. The first-order valence-corrected chi connectivity index (χ1v) is 14.9. The van der Waals surface area contributed by atoms with Gasteiger partial charge >= 0.3 is 0 Å². The van der Waals surface area contributed by atoms with E-state index in [2.05, 4.69) is 34.5 Å². The third-order valence-corrected chi connectivity index (χ3v) is 7.92. The molecule has 2 aromatic carbocycles. The van der Waals surface area contributed by atoms with Gasteiger partial charge < -0.3 is 15.4 Å². The standard InChI is InChI=1S/C32H40BFN6O2/c1-4-29-25(30(37-24-11-13-42-14-12-24)26-18-36-40(5-2)31(26)38-29)17-35-32(41)23-8-6-7-21(15-23)19-39(3)20-22-9-10-28(34)27(33)16-22/h6-10,15-16,18,24H,4-5,11-14,17,19-20,33H2,1-3H3,(H,35,41)(H,37,38). The molecule has 4 aromatic rings. The van der Waals surface area contributed by atoms with Gasteiger partial charge in [0.25, 0.3) is 5.91 Å². The van der Waals surface area contributed by atoms with Crippen molar-refractivity contribution in [2.24, 2.45) is 0 Å². The van der Waals surface area contributed by atoms with Crippen molar-refractivity contribution in [3.8, 4) is 0 Å². The molecular weight excluding hydrogens is 530 g/mol. The molecule has 8 nitrogen and oxygen atoms in total. The molecule has 1 amide bonds. The second-order valence-corrected chi connectivity index (χ2v) is 11.1. The van der Waals surface area contributed by atoms with E-state index in [-0.39, 0.29) is 11.7 Å². The summed E-state index contributed by atoms with van der Waals surface area (Å²) in [4.78, 5) is 20.5. The van der Waals surface area contributed by atoms with Gasteiger partial charge in [-0.2, -0.15) is 5.10 Å². The zero-order valence-electron chi connectivity index (χ0n) is 25.0. The van der Waals surface area contributed by atoms with Gasteiger partial charge in [0.05, 0.1) is 17.3 Å². The Bertz CT molecular complexity index is 1550. The van der Waals surface area contributed by atoms with Crippen LogP contribution in [0.25, 0.3) is 11.0 Å². The normalized spacial score (nSPS) is 14.0. The highest BCUT2D eigenvalue weighted by Crippen LogP contribution is 2.31. The Hall–Kier alpha value is -3.76. The number of fused-ring (bicyclic) bond motifs is 1. The Balaban J connectivity index is 1.32. The number of anilines is 1. The van der Waals surface area contributed by atoms with Gasteiger partial charge in [0.15, 0.2) is 5.65 Å². The minimum absolute atomic E-state index is 0.128. The molecule has 3 heterocycles. The van der Waals surface area contributed by atoms with Gasteiger partial charge in [0.1, 0.15) is 13.7 Å². The van der Waals surface area contributed by atoms with Crippen LogP contribution in [0.15, 0.2) is 48.7 Å². The second-order valence-electron chi connectivity index (χ2n) is 11.1. The predicted octanol–water partition coefficient (Wildman–Crippen LogP) is 3.56. The molecule has 0 aliphatic carbocycles. The van der Waals surface area contributed by atoms with Gasteiger partial charge in [-0.25, -0.2) is 14.1 Å². The molecule has 5 rings (SSSR count). The van der Waals surface area contributed by atoms with E-state index in [0.717, 1.165) is 78.1 Å². The number of nitrogens with one attached hydrogen (secondary N) is 2. The molecule has 1 fully saturated rings. The molecule has 0 radical (unpaired) electrons. The van der Waals surface area contributed by atoms with Crippen molar-refractivity contribution >= 4 is 35.9 Å². The highest BCUT2D eigenvalue weighted by atomic mass is 19.1. The number of rotatable bonds is 11. The lowest BCUT2D eigenvalue weighted by atomic mass is 9.93. The van der Waals surface area contributed by atoms with Crippen LogP contribution in [-0.4, -0.2) is 59.7 Å². The molecule has 2 aromatic heterocycles. The quantitative estimate of drug-likeness (QED) is 0.269. The SMILES string of the molecule is Bc1cc(CN(C)Cc2cccc(C(=O)NCc3c(CC)nc4c(cnn4CC)c3NC3CCOCC3)c2)ccc1F. The van der Waals surface area contributed by atoms with E-state index in [0.29, 0.717) is 36.7 Å². The van der Waals surface area contributed by atoms with Crippen LogP contribution in [0.3, 0.4) is 0 Å². The zero-order valence-corrected chi connectivity index (χ0v) is 25.0. The molecule has 2 N–H and O–H groups in total. The molecule has 0 bridgehead atoms. The van der Waals surface area contributed by atoms with E-state index in [1.807, 2.05) is 54.3 Å². The number of amides is 1. The Labute approximate surface area is 248 Å². The highest BCUT2D eigenvalue weighted by Gasteiger charge is 2.22. The number of hydrogen-bond acceptors (Lipinski definition) is 6. The zero-order chi connectivity index (χ0) is 29.6. The summed E-state index contributed by atoms with van der Waals surface area (Å²) in [5, 5.41) is 12.5. The van der Waals surface area contributed by atoms with E-state index in [1.165, 1.54) is 6.07 Å². The Morgan fingerprint density at radius 3 is 2.62 bits per heavy atom. The highest BCUT2D eigenvalue weighted by molar-refractivity contribution is 6.32. The molecule has 0 spiro atoms. The molecule has 42 heavy (non-hydrogen) atoms. The van der Waals surface area contributed by atoms with Crippen LogP contribution in [0.5, 0.6) is 0 Å². The van der Waals surface area contributed by atoms with Gasteiger partial charge in [0, 0.05) is 62.3 Å². The number of pyridine rings is 1. The van der Waals surface area contributed by atoms with E-state index < -0.39 is 0 Å². The minimum Gasteiger partial charge on any atom is -0.381 e. The van der Waals surface area contributed by atoms with Crippen molar-refractivity contribution in [3.63, 3.8) is 0 Å². The number of aryl methyl sites for hydroxylation is 2. The van der Waals surface area contributed by atoms with E-state index in [1.54, 1.807) is 7.85 Å². The van der Waals surface area contributed by atoms with Crippen molar-refractivity contribution in [2.75, 3.05) is 25.6 Å². The number of halogens is 1. The Morgan fingerprint density at radius 1 is 1.14 bits per heavy atom. The molecule has 0 saturated carbocycles. The third kappa shape index (κ3) is 6.82. The van der Waals surface area contributed by atoms with Crippen molar-refractivity contribution in [3.05, 3.63) is 82.4 Å². The monoisotopic (exact) mass is 570 g/mol. The summed E-state index contributed by atoms with van der Waals surface area (Å²) >= 11 is 0. The largest absolute Gasteiger partial charge is 0.381 e. The summed E-state index contributed by atoms with van der Waals surface area (Å²) in [5.74, 6) is -0.318. The average Bonchev–Trinajstić information content (AvgIpc) is 3.41. The number of benzene rings is 2. The molecule has 1 saturated heterocycles. The molecule has 0 atom stereocenters. The fraction of sp³-hybridized carbons (Fsp3) is 0.406. The van der Waals surface area contributed by atoms with Gasteiger partial charge in [-0.1, -0.05) is 36.7 Å². The number of carbonyl (C=O) groups excluding carboxylic acids is 1. The van der Waals surface area contributed by atoms with Crippen LogP contribution in [0, 0.1) is 5.82 Å². The third-order valence-electron chi connectivity index (χ3n) is 7.92. The van der Waals surface area contributed by atoms with Crippen LogP contribution < -0.4 is 16.1 Å². The van der Waals surface area contributed by atoms with Gasteiger partial charge in [-0.05, 0) is 62.6 Å². The van der Waals surface area contributed by atoms with Crippen molar-refractivity contribution in [1.29, 1.82) is 0 Å². The van der Waals surface area contributed by atoms with E-state index >= 15 is 0 Å². The summed E-state index contributed by atoms with van der Waals surface area (Å²) < 4.78 is 21.2. The van der Waals surface area contributed by atoms with Crippen LogP contribution in [0.1, 0.15) is 59.4 Å². The number of aromatic nitrogens is 3. The first-order chi connectivity index (χ1) is 20.4. The fourth-order valence-corrected chi connectivity index (χ4v) is 5.67. The maximum absolute atomic E-state index is 13.7. The summed E-state index contributed by atoms with van der Waals surface area (Å²) in [6.45, 7) is 8.09. The Morgan fingerprint density at radius 2 is 1.90 bits per heavy atom. The predicted molar refractivity (Wildman–Crippen MR) is 167 cm³/mol. The summed E-state index contributed by atoms with van der Waals surface area (Å²) in [6, 6.07) is 13.2. The van der Waals surface area contributed by atoms with Crippen molar-refractivity contribution in [2.45, 2.75) is 65.3 Å². The maximum Gasteiger partial charge on any atom is 0.251 e. The lowest BCUT2D eigenvalue weighted by molar-refractivity contribution is 0.0904. The lowest BCUT2D eigenvalue weighted by Crippen LogP contribution is -2.30. The van der Waals surface area contributed by atoms with E-state index in [4.69, 9.17) is 9.72 Å². The number of carbonyl (C=O) groups is 1. The van der Waals surface area contributed by atoms with Gasteiger partial charge in [-0.15, -0.1) is 0 Å².